The van der Waals surface area contributed by atoms with Gasteiger partial charge in [0, 0.05) is 24.2 Å². The highest BCUT2D eigenvalue weighted by molar-refractivity contribution is 5.94. The van der Waals surface area contributed by atoms with Crippen LogP contribution in [0.5, 0.6) is 5.75 Å². The van der Waals surface area contributed by atoms with Crippen LogP contribution in [0.15, 0.2) is 30.3 Å². The number of fused-ring (bicyclic) bond motifs is 1. The first-order valence-electron chi connectivity index (χ1n) is 7.54. The molecule has 3 aromatic rings. The number of hydrogen-bond acceptors (Lipinski definition) is 4. The molecule has 0 unspecified atom stereocenters. The third kappa shape index (κ3) is 2.28. The average Bonchev–Trinajstić information content (AvgIpc) is 3.00. The lowest BCUT2D eigenvalue weighted by Crippen LogP contribution is -2.22. The molecule has 1 aromatic heterocycles. The molecule has 5 heteroatoms. The van der Waals surface area contributed by atoms with E-state index in [9.17, 15) is 5.11 Å². The summed E-state index contributed by atoms with van der Waals surface area (Å²) >= 11 is 0. The van der Waals surface area contributed by atoms with Crippen LogP contribution in [0.3, 0.4) is 0 Å². The van der Waals surface area contributed by atoms with E-state index in [-0.39, 0.29) is 0 Å². The number of aromatic nitrogens is 3. The quantitative estimate of drug-likeness (QED) is 0.773. The van der Waals surface area contributed by atoms with Crippen LogP contribution in [0.1, 0.15) is 19.4 Å². The van der Waals surface area contributed by atoms with Gasteiger partial charge in [0.2, 0.25) is 0 Å². The fourth-order valence-corrected chi connectivity index (χ4v) is 2.86. The SMILES string of the molecule is CCN(CC)c1cc(C)cc(-c2cccc3n[nH]nc23)c1O. The minimum atomic E-state index is 0.296. The van der Waals surface area contributed by atoms with Crippen molar-refractivity contribution in [3.8, 4) is 16.9 Å². The van der Waals surface area contributed by atoms with E-state index in [1.165, 1.54) is 0 Å². The third-order valence-electron chi connectivity index (χ3n) is 3.98. The van der Waals surface area contributed by atoms with E-state index in [0.29, 0.717) is 5.75 Å². The highest BCUT2D eigenvalue weighted by atomic mass is 16.3. The Bertz CT molecular complexity index is 806. The van der Waals surface area contributed by atoms with Crippen LogP contribution < -0.4 is 4.90 Å². The number of phenols is 1. The number of anilines is 1. The van der Waals surface area contributed by atoms with Crippen molar-refractivity contribution in [2.45, 2.75) is 20.8 Å². The molecule has 114 valence electrons. The number of phenolic OH excluding ortho intramolecular Hbond substituents is 1. The van der Waals surface area contributed by atoms with E-state index in [1.807, 2.05) is 37.3 Å². The van der Waals surface area contributed by atoms with Crippen molar-refractivity contribution in [1.29, 1.82) is 0 Å². The van der Waals surface area contributed by atoms with Crippen LogP contribution in [0.2, 0.25) is 0 Å². The van der Waals surface area contributed by atoms with Gasteiger partial charge in [-0.3, -0.25) is 0 Å². The number of rotatable bonds is 4. The van der Waals surface area contributed by atoms with Gasteiger partial charge in [-0.1, -0.05) is 12.1 Å². The Morgan fingerprint density at radius 1 is 1.09 bits per heavy atom. The first-order chi connectivity index (χ1) is 10.7. The maximum absolute atomic E-state index is 10.8. The van der Waals surface area contributed by atoms with Gasteiger partial charge in [-0.05, 0) is 44.5 Å². The van der Waals surface area contributed by atoms with Gasteiger partial charge in [-0.25, -0.2) is 0 Å². The molecule has 5 nitrogen and oxygen atoms in total. The topological polar surface area (TPSA) is 65.0 Å². The van der Waals surface area contributed by atoms with Gasteiger partial charge < -0.3 is 10.0 Å². The molecule has 0 amide bonds. The minimum absolute atomic E-state index is 0.296. The van der Waals surface area contributed by atoms with Crippen LogP contribution in [-0.4, -0.2) is 33.6 Å². The second-order valence-corrected chi connectivity index (χ2v) is 5.35. The lowest BCUT2D eigenvalue weighted by Gasteiger charge is -2.24. The van der Waals surface area contributed by atoms with Gasteiger partial charge in [-0.15, -0.1) is 0 Å². The van der Waals surface area contributed by atoms with E-state index in [1.54, 1.807) is 0 Å². The van der Waals surface area contributed by atoms with Crippen molar-refractivity contribution in [3.05, 3.63) is 35.9 Å². The van der Waals surface area contributed by atoms with E-state index >= 15 is 0 Å². The molecule has 2 N–H and O–H groups in total. The Labute approximate surface area is 129 Å². The number of benzene rings is 2. The van der Waals surface area contributed by atoms with Crippen LogP contribution >= 0.6 is 0 Å². The Balaban J connectivity index is 2.25. The third-order valence-corrected chi connectivity index (χ3v) is 3.98. The van der Waals surface area contributed by atoms with Crippen molar-refractivity contribution < 1.29 is 5.11 Å². The average molecular weight is 296 g/mol. The monoisotopic (exact) mass is 296 g/mol. The molecule has 22 heavy (non-hydrogen) atoms. The highest BCUT2D eigenvalue weighted by Crippen LogP contribution is 2.40. The van der Waals surface area contributed by atoms with Crippen LogP contribution in [0.4, 0.5) is 5.69 Å². The molecule has 2 aromatic carbocycles. The summed E-state index contributed by atoms with van der Waals surface area (Å²) in [6.45, 7) is 7.91. The Morgan fingerprint density at radius 3 is 2.59 bits per heavy atom. The zero-order valence-corrected chi connectivity index (χ0v) is 13.1. The number of aromatic hydroxyl groups is 1. The number of aromatic amines is 1. The molecule has 0 aliphatic heterocycles. The summed E-state index contributed by atoms with van der Waals surface area (Å²) in [5, 5.41) is 21.8. The number of H-pyrrole nitrogens is 1. The molecule has 0 aliphatic carbocycles. The smallest absolute Gasteiger partial charge is 0.146 e. The van der Waals surface area contributed by atoms with Crippen LogP contribution in [0, 0.1) is 6.92 Å². The fourth-order valence-electron chi connectivity index (χ4n) is 2.86. The summed E-state index contributed by atoms with van der Waals surface area (Å²) < 4.78 is 0. The Morgan fingerprint density at radius 2 is 1.86 bits per heavy atom. The molecule has 0 radical (unpaired) electrons. The maximum Gasteiger partial charge on any atom is 0.146 e. The van der Waals surface area contributed by atoms with E-state index < -0.39 is 0 Å². The molecule has 0 saturated heterocycles. The zero-order valence-electron chi connectivity index (χ0n) is 13.1. The summed E-state index contributed by atoms with van der Waals surface area (Å²) in [4.78, 5) is 2.15. The number of hydrogen-bond donors (Lipinski definition) is 2. The van der Waals surface area contributed by atoms with Crippen molar-refractivity contribution in [2.24, 2.45) is 0 Å². The van der Waals surface area contributed by atoms with Crippen molar-refractivity contribution in [3.63, 3.8) is 0 Å². The van der Waals surface area contributed by atoms with Crippen molar-refractivity contribution in [2.75, 3.05) is 18.0 Å². The lowest BCUT2D eigenvalue weighted by molar-refractivity contribution is 0.476. The first-order valence-corrected chi connectivity index (χ1v) is 7.54. The summed E-state index contributed by atoms with van der Waals surface area (Å²) in [5.74, 6) is 0.296. The summed E-state index contributed by atoms with van der Waals surface area (Å²) in [6.07, 6.45) is 0. The van der Waals surface area contributed by atoms with Crippen molar-refractivity contribution >= 4 is 16.7 Å². The number of nitrogens with zero attached hydrogens (tertiary/aromatic N) is 3. The van der Waals surface area contributed by atoms with Gasteiger partial charge in [0.15, 0.2) is 0 Å². The lowest BCUT2D eigenvalue weighted by atomic mass is 9.99. The van der Waals surface area contributed by atoms with Gasteiger partial charge in [0.1, 0.15) is 16.8 Å². The normalized spacial score (nSPS) is 11.0. The molecule has 0 atom stereocenters. The zero-order chi connectivity index (χ0) is 15.7. The predicted octanol–water partition coefficient (Wildman–Crippen LogP) is 3.49. The van der Waals surface area contributed by atoms with E-state index in [4.69, 9.17) is 0 Å². The number of nitrogens with one attached hydrogen (secondary N) is 1. The molecule has 0 spiro atoms. The molecule has 0 fully saturated rings. The number of aryl methyl sites for hydroxylation is 1. The second-order valence-electron chi connectivity index (χ2n) is 5.35. The van der Waals surface area contributed by atoms with Gasteiger partial charge in [0.05, 0.1) is 5.69 Å². The van der Waals surface area contributed by atoms with Crippen molar-refractivity contribution in [1.82, 2.24) is 15.4 Å². The molecule has 0 bridgehead atoms. The van der Waals surface area contributed by atoms with Gasteiger partial charge >= 0.3 is 0 Å². The molecular formula is C17H20N4O. The summed E-state index contributed by atoms with van der Waals surface area (Å²) in [6, 6.07) is 9.81. The van der Waals surface area contributed by atoms with E-state index in [2.05, 4.69) is 34.2 Å². The first kappa shape index (κ1) is 14.4. The molecule has 1 heterocycles. The fraction of sp³-hybridized carbons (Fsp3) is 0.294. The Hall–Kier alpha value is -2.56. The molecular weight excluding hydrogens is 276 g/mol. The van der Waals surface area contributed by atoms with Gasteiger partial charge in [-0.2, -0.15) is 15.4 Å². The molecule has 3 rings (SSSR count). The largest absolute Gasteiger partial charge is 0.505 e. The Kier molecular flexibility index (Phi) is 3.71. The van der Waals surface area contributed by atoms with Crippen LogP contribution in [0.25, 0.3) is 22.2 Å². The highest BCUT2D eigenvalue weighted by Gasteiger charge is 2.17. The number of para-hydroxylation sites is 1. The second kappa shape index (κ2) is 5.67. The van der Waals surface area contributed by atoms with Gasteiger partial charge in [0.25, 0.3) is 0 Å². The summed E-state index contributed by atoms with van der Waals surface area (Å²) in [7, 11) is 0. The standard InChI is InChI=1S/C17H20N4O/c1-4-21(5-2)15-10-11(3)9-13(17(15)22)12-7-6-8-14-16(12)19-20-18-14/h6-10,22H,4-5H2,1-3H3,(H,18,19,20). The van der Waals surface area contributed by atoms with E-state index in [0.717, 1.165) is 46.5 Å². The predicted molar refractivity (Wildman–Crippen MR) is 89.3 cm³/mol. The minimum Gasteiger partial charge on any atom is -0.505 e. The molecule has 0 aliphatic rings. The molecule has 0 saturated carbocycles. The maximum atomic E-state index is 10.8. The summed E-state index contributed by atoms with van der Waals surface area (Å²) in [5.41, 5.74) is 5.22. The van der Waals surface area contributed by atoms with Crippen LogP contribution in [-0.2, 0) is 0 Å².